The van der Waals surface area contributed by atoms with Crippen LogP contribution in [-0.2, 0) is 12.8 Å². The zero-order valence-corrected chi connectivity index (χ0v) is 19.3. The molecule has 0 aliphatic carbocycles. The second-order valence-corrected chi connectivity index (χ2v) is 8.88. The van der Waals surface area contributed by atoms with Crippen molar-refractivity contribution in [1.82, 2.24) is 4.98 Å². The number of aryl methyl sites for hydroxylation is 2. The molecule has 1 aromatic heterocycles. The van der Waals surface area contributed by atoms with Crippen molar-refractivity contribution in [2.24, 2.45) is 0 Å². The standard InChI is InChI=1S/C28H33N3/c1-6-18-9-8-10-20-13-21(29)14-24(26(18)20)17(5)22-12-11-19(7-2)27-23(16(3)4)15-25(30)31-28(22)27/h8-17H,6-7,29H2,1-5H3,(H2,30,31). The van der Waals surface area contributed by atoms with Crippen LogP contribution in [0, 0.1) is 0 Å². The van der Waals surface area contributed by atoms with Gasteiger partial charge in [-0.2, -0.15) is 0 Å². The number of benzene rings is 3. The highest BCUT2D eigenvalue weighted by Crippen LogP contribution is 2.39. The Labute approximate surface area is 185 Å². The van der Waals surface area contributed by atoms with E-state index in [0.29, 0.717) is 11.7 Å². The Hall–Kier alpha value is -3.07. The minimum Gasteiger partial charge on any atom is -0.399 e. The summed E-state index contributed by atoms with van der Waals surface area (Å²) in [6.07, 6.45) is 1.96. The van der Waals surface area contributed by atoms with Crippen LogP contribution in [0.15, 0.2) is 48.5 Å². The first kappa shape index (κ1) is 21.2. The predicted molar refractivity (Wildman–Crippen MR) is 135 cm³/mol. The molecule has 4 N–H and O–H groups in total. The van der Waals surface area contributed by atoms with Gasteiger partial charge in [-0.15, -0.1) is 0 Å². The maximum atomic E-state index is 6.34. The summed E-state index contributed by atoms with van der Waals surface area (Å²) in [6, 6.07) is 17.3. The molecule has 1 heterocycles. The topological polar surface area (TPSA) is 64.9 Å². The lowest BCUT2D eigenvalue weighted by Crippen LogP contribution is -2.06. The molecule has 0 fully saturated rings. The molecule has 31 heavy (non-hydrogen) atoms. The molecular weight excluding hydrogens is 378 g/mol. The number of hydrogen-bond donors (Lipinski definition) is 2. The molecule has 0 aliphatic rings. The molecule has 4 rings (SSSR count). The van der Waals surface area contributed by atoms with Gasteiger partial charge in [0.25, 0.3) is 0 Å². The number of fused-ring (bicyclic) bond motifs is 2. The zero-order chi connectivity index (χ0) is 22.3. The van der Waals surface area contributed by atoms with Gasteiger partial charge in [0, 0.05) is 17.0 Å². The largest absolute Gasteiger partial charge is 0.399 e. The van der Waals surface area contributed by atoms with Crippen molar-refractivity contribution in [1.29, 1.82) is 0 Å². The fourth-order valence-corrected chi connectivity index (χ4v) is 4.95. The highest BCUT2D eigenvalue weighted by atomic mass is 14.8. The minimum atomic E-state index is 0.140. The summed E-state index contributed by atoms with van der Waals surface area (Å²) in [5.41, 5.74) is 20.9. The number of nitrogen functional groups attached to an aromatic ring is 2. The van der Waals surface area contributed by atoms with Gasteiger partial charge in [0.05, 0.1) is 5.52 Å². The van der Waals surface area contributed by atoms with Crippen LogP contribution >= 0.6 is 0 Å². The highest BCUT2D eigenvalue weighted by molar-refractivity contribution is 5.95. The van der Waals surface area contributed by atoms with E-state index < -0.39 is 0 Å². The minimum absolute atomic E-state index is 0.140. The SMILES string of the molecule is CCc1cccc2cc(N)cc(C(C)c3ccc(CC)c4c(C(C)C)cc(N)nc34)c12. The smallest absolute Gasteiger partial charge is 0.124 e. The molecule has 0 radical (unpaired) electrons. The molecule has 1 unspecified atom stereocenters. The zero-order valence-electron chi connectivity index (χ0n) is 19.3. The van der Waals surface area contributed by atoms with E-state index in [2.05, 4.69) is 77.1 Å². The maximum absolute atomic E-state index is 6.34. The first-order valence-electron chi connectivity index (χ1n) is 11.4. The lowest BCUT2D eigenvalue weighted by molar-refractivity contribution is 0.871. The Morgan fingerprint density at radius 1 is 0.774 bits per heavy atom. The molecule has 0 saturated carbocycles. The van der Waals surface area contributed by atoms with Crippen molar-refractivity contribution in [2.75, 3.05) is 11.5 Å². The first-order valence-corrected chi connectivity index (χ1v) is 11.4. The van der Waals surface area contributed by atoms with E-state index in [-0.39, 0.29) is 5.92 Å². The fraction of sp³-hybridized carbons (Fsp3) is 0.321. The van der Waals surface area contributed by atoms with E-state index in [1.54, 1.807) is 0 Å². The fourth-order valence-electron chi connectivity index (χ4n) is 4.95. The van der Waals surface area contributed by atoms with Crippen LogP contribution in [0.1, 0.15) is 74.3 Å². The molecule has 0 aliphatic heterocycles. The monoisotopic (exact) mass is 411 g/mol. The van der Waals surface area contributed by atoms with Gasteiger partial charge >= 0.3 is 0 Å². The lowest BCUT2D eigenvalue weighted by Gasteiger charge is -2.22. The van der Waals surface area contributed by atoms with Gasteiger partial charge in [-0.05, 0) is 75.5 Å². The van der Waals surface area contributed by atoms with Gasteiger partial charge in [-0.3, -0.25) is 0 Å². The molecule has 3 nitrogen and oxygen atoms in total. The van der Waals surface area contributed by atoms with Gasteiger partial charge in [-0.25, -0.2) is 4.98 Å². The summed E-state index contributed by atoms with van der Waals surface area (Å²) in [5.74, 6) is 1.11. The van der Waals surface area contributed by atoms with Gasteiger partial charge in [0.2, 0.25) is 0 Å². The number of pyridine rings is 1. The van der Waals surface area contributed by atoms with Gasteiger partial charge in [-0.1, -0.05) is 65.0 Å². The summed E-state index contributed by atoms with van der Waals surface area (Å²) in [7, 11) is 0. The molecule has 160 valence electrons. The van der Waals surface area contributed by atoms with E-state index in [1.165, 1.54) is 44.0 Å². The number of aromatic nitrogens is 1. The summed E-state index contributed by atoms with van der Waals surface area (Å²) < 4.78 is 0. The van der Waals surface area contributed by atoms with Crippen LogP contribution in [0.2, 0.25) is 0 Å². The van der Waals surface area contributed by atoms with E-state index in [4.69, 9.17) is 16.5 Å². The van der Waals surface area contributed by atoms with Crippen molar-refractivity contribution < 1.29 is 0 Å². The van der Waals surface area contributed by atoms with Crippen molar-refractivity contribution >= 4 is 33.2 Å². The Morgan fingerprint density at radius 2 is 1.48 bits per heavy atom. The molecule has 3 aromatic carbocycles. The van der Waals surface area contributed by atoms with Crippen molar-refractivity contribution in [2.45, 2.75) is 59.3 Å². The first-order chi connectivity index (χ1) is 14.8. The summed E-state index contributed by atoms with van der Waals surface area (Å²) in [5, 5.41) is 3.78. The van der Waals surface area contributed by atoms with Crippen LogP contribution in [0.25, 0.3) is 21.7 Å². The molecule has 4 aromatic rings. The average Bonchev–Trinajstić information content (AvgIpc) is 2.75. The molecule has 0 amide bonds. The maximum Gasteiger partial charge on any atom is 0.124 e. The van der Waals surface area contributed by atoms with Crippen molar-refractivity contribution in [3.8, 4) is 0 Å². The highest BCUT2D eigenvalue weighted by Gasteiger charge is 2.21. The van der Waals surface area contributed by atoms with E-state index >= 15 is 0 Å². The molecule has 3 heteroatoms. The Bertz CT molecular complexity index is 1270. The second kappa shape index (κ2) is 8.22. The summed E-state index contributed by atoms with van der Waals surface area (Å²) >= 11 is 0. The van der Waals surface area contributed by atoms with Crippen LogP contribution < -0.4 is 11.5 Å². The van der Waals surface area contributed by atoms with Crippen LogP contribution in [0.5, 0.6) is 0 Å². The molecule has 1 atom stereocenters. The lowest BCUT2D eigenvalue weighted by atomic mass is 9.83. The third-order valence-electron chi connectivity index (χ3n) is 6.56. The average molecular weight is 412 g/mol. The molecule has 0 saturated heterocycles. The summed E-state index contributed by atoms with van der Waals surface area (Å²) in [4.78, 5) is 4.87. The Kier molecular flexibility index (Phi) is 5.62. The Balaban J connectivity index is 2.05. The number of rotatable bonds is 5. The molecule has 0 bridgehead atoms. The predicted octanol–water partition coefficient (Wildman–Crippen LogP) is 6.95. The van der Waals surface area contributed by atoms with Gasteiger partial charge < -0.3 is 11.5 Å². The quantitative estimate of drug-likeness (QED) is 0.349. The van der Waals surface area contributed by atoms with E-state index in [9.17, 15) is 0 Å². The van der Waals surface area contributed by atoms with Crippen molar-refractivity contribution in [3.05, 3.63) is 76.3 Å². The number of anilines is 2. The summed E-state index contributed by atoms with van der Waals surface area (Å²) in [6.45, 7) is 11.1. The number of nitrogens with two attached hydrogens (primary N) is 2. The van der Waals surface area contributed by atoms with Crippen molar-refractivity contribution in [3.63, 3.8) is 0 Å². The van der Waals surface area contributed by atoms with E-state index in [1.807, 2.05) is 6.07 Å². The Morgan fingerprint density at radius 3 is 2.16 bits per heavy atom. The third kappa shape index (κ3) is 3.63. The van der Waals surface area contributed by atoms with E-state index in [0.717, 1.165) is 24.0 Å². The van der Waals surface area contributed by atoms with Crippen LogP contribution in [0.3, 0.4) is 0 Å². The van der Waals surface area contributed by atoms with Crippen LogP contribution in [-0.4, -0.2) is 4.98 Å². The third-order valence-corrected chi connectivity index (χ3v) is 6.56. The molecular formula is C28H33N3. The van der Waals surface area contributed by atoms with Crippen LogP contribution in [0.4, 0.5) is 11.5 Å². The van der Waals surface area contributed by atoms with Gasteiger partial charge in [0.15, 0.2) is 0 Å². The number of nitrogens with zero attached hydrogens (tertiary/aromatic N) is 1. The number of hydrogen-bond acceptors (Lipinski definition) is 3. The molecule has 0 spiro atoms. The second-order valence-electron chi connectivity index (χ2n) is 8.88. The van der Waals surface area contributed by atoms with Gasteiger partial charge in [0.1, 0.15) is 5.82 Å². The normalized spacial score (nSPS) is 12.7.